The second-order valence-electron chi connectivity index (χ2n) is 3.48. The van der Waals surface area contributed by atoms with Crippen molar-refractivity contribution in [3.05, 3.63) is 5.82 Å². The van der Waals surface area contributed by atoms with E-state index in [1.165, 1.54) is 0 Å². The smallest absolute Gasteiger partial charge is 0.177 e. The normalized spacial score (nSPS) is 18.3. The van der Waals surface area contributed by atoms with Gasteiger partial charge in [0.1, 0.15) is 0 Å². The van der Waals surface area contributed by atoms with Gasteiger partial charge in [-0.25, -0.2) is 0 Å². The van der Waals surface area contributed by atoms with Crippen LogP contribution in [0, 0.1) is 0 Å². The summed E-state index contributed by atoms with van der Waals surface area (Å²) in [6.07, 6.45) is 2.32. The maximum Gasteiger partial charge on any atom is 0.177 e. The lowest BCUT2D eigenvalue weighted by Gasteiger charge is -2.29. The second-order valence-corrected chi connectivity index (χ2v) is 3.48. The number of tetrazole rings is 1. The third-order valence-corrected chi connectivity index (χ3v) is 2.76. The highest BCUT2D eigenvalue weighted by atomic mass is 15.5. The molecule has 0 spiro atoms. The maximum atomic E-state index is 4.03. The van der Waals surface area contributed by atoms with Crippen LogP contribution in [0.3, 0.4) is 0 Å². The maximum absolute atomic E-state index is 4.03. The van der Waals surface area contributed by atoms with E-state index >= 15 is 0 Å². The number of rotatable bonds is 2. The average molecular weight is 211 g/mol. The first-order chi connectivity index (χ1) is 7.40. The highest BCUT2D eigenvalue weighted by Gasteiger charge is 2.22. The van der Waals surface area contributed by atoms with Crippen molar-refractivity contribution < 1.29 is 0 Å². The molecule has 0 radical (unpaired) electrons. The Balaban J connectivity index is 0.000000531. The summed E-state index contributed by atoms with van der Waals surface area (Å²) < 4.78 is 0. The predicted molar refractivity (Wildman–Crippen MR) is 59.6 cm³/mol. The fourth-order valence-corrected chi connectivity index (χ4v) is 1.85. The van der Waals surface area contributed by atoms with Gasteiger partial charge < -0.3 is 4.90 Å². The number of nitrogens with zero attached hydrogens (tertiary/aromatic N) is 4. The summed E-state index contributed by atoms with van der Waals surface area (Å²) in [5, 5.41) is 14.1. The fraction of sp³-hybridized carbons (Fsp3) is 0.900. The zero-order valence-electron chi connectivity index (χ0n) is 9.90. The lowest BCUT2D eigenvalue weighted by Crippen LogP contribution is -2.32. The van der Waals surface area contributed by atoms with Crippen LogP contribution in [-0.2, 0) is 0 Å². The Bertz CT molecular complexity index is 238. The molecule has 0 saturated carbocycles. The summed E-state index contributed by atoms with van der Waals surface area (Å²) >= 11 is 0. The van der Waals surface area contributed by atoms with Crippen LogP contribution in [0.1, 0.15) is 45.4 Å². The number of aromatic amines is 1. The monoisotopic (exact) mass is 211 g/mol. The van der Waals surface area contributed by atoms with Crippen molar-refractivity contribution in [1.82, 2.24) is 25.5 Å². The van der Waals surface area contributed by atoms with E-state index in [-0.39, 0.29) is 0 Å². The van der Waals surface area contributed by atoms with E-state index in [1.807, 2.05) is 13.8 Å². The van der Waals surface area contributed by atoms with Crippen LogP contribution in [0.25, 0.3) is 0 Å². The van der Waals surface area contributed by atoms with Gasteiger partial charge >= 0.3 is 0 Å². The molecule has 0 aliphatic carbocycles. The summed E-state index contributed by atoms with van der Waals surface area (Å²) in [6, 6.07) is 0. The Hall–Kier alpha value is -0.970. The number of aromatic nitrogens is 4. The minimum absolute atomic E-state index is 0.515. The topological polar surface area (TPSA) is 57.7 Å². The van der Waals surface area contributed by atoms with Gasteiger partial charge in [0.05, 0.1) is 0 Å². The zero-order chi connectivity index (χ0) is 11.1. The van der Waals surface area contributed by atoms with Gasteiger partial charge in [-0.1, -0.05) is 26.0 Å². The number of likely N-dealkylation sites (tertiary alicyclic amines) is 1. The van der Waals surface area contributed by atoms with Crippen molar-refractivity contribution in [3.63, 3.8) is 0 Å². The van der Waals surface area contributed by atoms with Crippen LogP contribution in [0.15, 0.2) is 0 Å². The Morgan fingerprint density at radius 3 is 2.47 bits per heavy atom. The Morgan fingerprint density at radius 1 is 1.33 bits per heavy atom. The molecule has 2 rings (SSSR count). The van der Waals surface area contributed by atoms with Gasteiger partial charge in [0.15, 0.2) is 5.82 Å². The summed E-state index contributed by atoms with van der Waals surface area (Å²) in [6.45, 7) is 9.68. The van der Waals surface area contributed by atoms with Crippen molar-refractivity contribution in [2.45, 2.75) is 39.5 Å². The quantitative estimate of drug-likeness (QED) is 0.804. The van der Waals surface area contributed by atoms with Crippen molar-refractivity contribution in [3.8, 4) is 0 Å². The average Bonchev–Trinajstić information content (AvgIpc) is 2.85. The van der Waals surface area contributed by atoms with Crippen LogP contribution in [-0.4, -0.2) is 45.2 Å². The summed E-state index contributed by atoms with van der Waals surface area (Å²) in [5.41, 5.74) is 0. The molecule has 1 N–H and O–H groups in total. The molecule has 15 heavy (non-hydrogen) atoms. The number of nitrogens with one attached hydrogen (secondary N) is 1. The summed E-state index contributed by atoms with van der Waals surface area (Å²) in [5.74, 6) is 1.40. The molecular formula is C10H21N5. The summed E-state index contributed by atoms with van der Waals surface area (Å²) in [4.78, 5) is 2.45. The fourth-order valence-electron chi connectivity index (χ4n) is 1.85. The number of hydrogen-bond acceptors (Lipinski definition) is 4. The molecule has 0 aromatic carbocycles. The van der Waals surface area contributed by atoms with E-state index in [4.69, 9.17) is 0 Å². The van der Waals surface area contributed by atoms with Gasteiger partial charge in [0.2, 0.25) is 0 Å². The molecule has 5 heteroatoms. The molecule has 86 valence electrons. The summed E-state index contributed by atoms with van der Waals surface area (Å²) in [7, 11) is 0. The molecule has 1 fully saturated rings. The van der Waals surface area contributed by atoms with Crippen molar-refractivity contribution in [2.75, 3.05) is 19.6 Å². The molecule has 0 unspecified atom stereocenters. The molecular weight excluding hydrogens is 190 g/mol. The van der Waals surface area contributed by atoms with E-state index in [9.17, 15) is 0 Å². The van der Waals surface area contributed by atoms with Crippen molar-refractivity contribution in [2.24, 2.45) is 0 Å². The van der Waals surface area contributed by atoms with E-state index < -0.39 is 0 Å². The van der Waals surface area contributed by atoms with Crippen LogP contribution in [0.5, 0.6) is 0 Å². The van der Waals surface area contributed by atoms with Crippen molar-refractivity contribution >= 4 is 0 Å². The highest BCUT2D eigenvalue weighted by Crippen LogP contribution is 2.24. The van der Waals surface area contributed by atoms with Gasteiger partial charge in [0.25, 0.3) is 0 Å². The molecule has 1 aromatic rings. The zero-order valence-corrected chi connectivity index (χ0v) is 9.90. The molecule has 5 nitrogen and oxygen atoms in total. The van der Waals surface area contributed by atoms with E-state index in [0.29, 0.717) is 5.92 Å². The first kappa shape index (κ1) is 12.1. The SMILES string of the molecule is CC.CCN1CCC(c2nn[nH]n2)CC1. The first-order valence-electron chi connectivity index (χ1n) is 5.86. The first-order valence-corrected chi connectivity index (χ1v) is 5.86. The largest absolute Gasteiger partial charge is 0.304 e. The third kappa shape index (κ3) is 3.27. The Kier molecular flexibility index (Phi) is 5.25. The van der Waals surface area contributed by atoms with Crippen LogP contribution in [0.4, 0.5) is 0 Å². The molecule has 1 aromatic heterocycles. The standard InChI is InChI=1S/C8H15N5.C2H6/c1-2-13-5-3-7(4-6-13)8-9-11-12-10-8;1-2/h7H,2-6H2,1H3,(H,9,10,11,12);1-2H3. The van der Waals surface area contributed by atoms with Gasteiger partial charge in [-0.15, -0.1) is 10.2 Å². The van der Waals surface area contributed by atoms with E-state index in [2.05, 4.69) is 32.4 Å². The third-order valence-electron chi connectivity index (χ3n) is 2.76. The van der Waals surface area contributed by atoms with E-state index in [0.717, 1.165) is 38.3 Å². The number of H-pyrrole nitrogens is 1. The van der Waals surface area contributed by atoms with Crippen LogP contribution >= 0.6 is 0 Å². The Morgan fingerprint density at radius 2 is 2.00 bits per heavy atom. The molecule has 1 aliphatic rings. The van der Waals surface area contributed by atoms with Crippen LogP contribution in [0.2, 0.25) is 0 Å². The van der Waals surface area contributed by atoms with Gasteiger partial charge in [-0.3, -0.25) is 0 Å². The highest BCUT2D eigenvalue weighted by molar-refractivity contribution is 4.93. The lowest BCUT2D eigenvalue weighted by atomic mass is 9.96. The Labute approximate surface area is 91.2 Å². The van der Waals surface area contributed by atoms with Gasteiger partial charge in [-0.05, 0) is 32.5 Å². The van der Waals surface area contributed by atoms with Crippen molar-refractivity contribution in [1.29, 1.82) is 0 Å². The molecule has 1 aliphatic heterocycles. The van der Waals surface area contributed by atoms with Gasteiger partial charge in [0, 0.05) is 5.92 Å². The number of hydrogen-bond donors (Lipinski definition) is 1. The second kappa shape index (κ2) is 6.50. The van der Waals surface area contributed by atoms with E-state index in [1.54, 1.807) is 0 Å². The molecule has 2 heterocycles. The minimum atomic E-state index is 0.515. The molecule has 1 saturated heterocycles. The van der Waals surface area contributed by atoms with Gasteiger partial charge in [-0.2, -0.15) is 5.21 Å². The number of piperidine rings is 1. The minimum Gasteiger partial charge on any atom is -0.304 e. The molecule has 0 bridgehead atoms. The lowest BCUT2D eigenvalue weighted by molar-refractivity contribution is 0.219. The molecule has 0 amide bonds. The predicted octanol–water partition coefficient (Wildman–Crippen LogP) is 1.43. The molecule has 0 atom stereocenters. The van der Waals surface area contributed by atoms with Crippen LogP contribution < -0.4 is 0 Å².